The van der Waals surface area contributed by atoms with Crippen LogP contribution in [0.1, 0.15) is 50.7 Å². The molecule has 2 aromatic rings. The summed E-state index contributed by atoms with van der Waals surface area (Å²) in [5.74, 6) is -1.24. The van der Waals surface area contributed by atoms with Crippen molar-refractivity contribution in [2.24, 2.45) is 0 Å². The Morgan fingerprint density at radius 2 is 1.54 bits per heavy atom. The van der Waals surface area contributed by atoms with Crippen molar-refractivity contribution < 1.29 is 33.7 Å². The van der Waals surface area contributed by atoms with Gasteiger partial charge in [0, 0.05) is 18.8 Å². The van der Waals surface area contributed by atoms with E-state index < -0.39 is 41.4 Å². The molecular formula is C28H32N2O7. The number of aliphatic carboxylic acids is 1. The van der Waals surface area contributed by atoms with Crippen molar-refractivity contribution in [3.05, 3.63) is 59.7 Å². The molecule has 0 saturated carbocycles. The summed E-state index contributed by atoms with van der Waals surface area (Å²) in [5, 5.41) is 12.7. The zero-order chi connectivity index (χ0) is 26.4. The Kier molecular flexibility index (Phi) is 6.35. The van der Waals surface area contributed by atoms with Crippen molar-refractivity contribution in [1.29, 1.82) is 0 Å². The fraction of sp³-hybridized carbons (Fsp3) is 0.464. The van der Waals surface area contributed by atoms with Crippen LogP contribution >= 0.6 is 0 Å². The Morgan fingerprint density at radius 3 is 2.05 bits per heavy atom. The summed E-state index contributed by atoms with van der Waals surface area (Å²) in [5.41, 5.74) is 2.17. The molecule has 2 aliphatic heterocycles. The molecule has 9 heteroatoms. The number of carboxylic acid groups (broad SMARTS) is 1. The molecule has 196 valence electrons. The van der Waals surface area contributed by atoms with Crippen LogP contribution in [0.15, 0.2) is 48.5 Å². The maximum atomic E-state index is 13.4. The third-order valence-electron chi connectivity index (χ3n) is 7.27. The van der Waals surface area contributed by atoms with Crippen molar-refractivity contribution >= 4 is 18.2 Å². The lowest BCUT2D eigenvalue weighted by Crippen LogP contribution is -2.70. The van der Waals surface area contributed by atoms with Crippen LogP contribution in [0.25, 0.3) is 11.1 Å². The first-order valence-electron chi connectivity index (χ1n) is 12.5. The smallest absolute Gasteiger partial charge is 0.410 e. The number of carbonyl (C=O) groups is 3. The fourth-order valence-electron chi connectivity index (χ4n) is 5.80. The first kappa shape index (κ1) is 25.1. The second kappa shape index (κ2) is 9.37. The van der Waals surface area contributed by atoms with Crippen LogP contribution < -0.4 is 5.32 Å². The van der Waals surface area contributed by atoms with Crippen molar-refractivity contribution in [3.63, 3.8) is 0 Å². The lowest BCUT2D eigenvalue weighted by molar-refractivity contribution is -0.155. The molecule has 2 atom stereocenters. The van der Waals surface area contributed by atoms with Crippen LogP contribution in [0.3, 0.4) is 0 Å². The van der Waals surface area contributed by atoms with Gasteiger partial charge >= 0.3 is 18.2 Å². The summed E-state index contributed by atoms with van der Waals surface area (Å²) in [4.78, 5) is 39.8. The van der Waals surface area contributed by atoms with E-state index in [-0.39, 0.29) is 38.6 Å². The molecule has 2 saturated heterocycles. The minimum Gasteiger partial charge on any atom is -0.480 e. The number of ether oxygens (including phenoxy) is 3. The Morgan fingerprint density at radius 1 is 1.00 bits per heavy atom. The van der Waals surface area contributed by atoms with Gasteiger partial charge in [-0.15, -0.1) is 0 Å². The highest BCUT2D eigenvalue weighted by atomic mass is 16.6. The second-order valence-corrected chi connectivity index (χ2v) is 11.0. The maximum Gasteiger partial charge on any atom is 0.410 e. The number of hydrogen-bond donors (Lipinski definition) is 2. The molecule has 5 rings (SSSR count). The Bertz CT molecular complexity index is 1160. The standard InChI is InChI=1S/C28H32N2O7/c1-27(2,3)37-25(33)29-28(24(31)32)12-17-14-35-15-18(13-28)30(17)26(34)36-16-23-21-10-6-4-8-19(21)20-9-5-7-11-22(20)23/h4-11,17-18,23H,12-16H2,1-3H3,(H,29,33)(H,31,32). The van der Waals surface area contributed by atoms with Gasteiger partial charge in [-0.3, -0.25) is 4.90 Å². The highest BCUT2D eigenvalue weighted by Crippen LogP contribution is 2.45. The fourth-order valence-corrected chi connectivity index (χ4v) is 5.80. The van der Waals surface area contributed by atoms with E-state index in [4.69, 9.17) is 14.2 Å². The Balaban J connectivity index is 1.31. The van der Waals surface area contributed by atoms with Crippen molar-refractivity contribution in [1.82, 2.24) is 10.2 Å². The van der Waals surface area contributed by atoms with E-state index in [1.807, 2.05) is 24.3 Å². The number of rotatable bonds is 4. The topological polar surface area (TPSA) is 114 Å². The van der Waals surface area contributed by atoms with Gasteiger partial charge in [0.15, 0.2) is 0 Å². The minimum absolute atomic E-state index is 0.0116. The molecule has 2 aromatic carbocycles. The molecule has 2 fully saturated rings. The number of nitrogens with zero attached hydrogens (tertiary/aromatic N) is 1. The highest BCUT2D eigenvalue weighted by molar-refractivity contribution is 5.85. The maximum absolute atomic E-state index is 13.4. The first-order chi connectivity index (χ1) is 17.6. The van der Waals surface area contributed by atoms with Crippen LogP contribution in [-0.2, 0) is 19.0 Å². The van der Waals surface area contributed by atoms with E-state index in [0.717, 1.165) is 22.3 Å². The lowest BCUT2D eigenvalue weighted by atomic mass is 9.78. The van der Waals surface area contributed by atoms with E-state index in [0.29, 0.717) is 0 Å². The van der Waals surface area contributed by atoms with Crippen LogP contribution in [0.2, 0.25) is 0 Å². The monoisotopic (exact) mass is 508 g/mol. The molecular weight excluding hydrogens is 476 g/mol. The summed E-state index contributed by atoms with van der Waals surface area (Å²) in [6.45, 7) is 5.62. The molecule has 0 aromatic heterocycles. The molecule has 1 aliphatic carbocycles. The summed E-state index contributed by atoms with van der Waals surface area (Å²) in [6, 6.07) is 15.1. The number of carboxylic acids is 1. The number of benzene rings is 2. The second-order valence-electron chi connectivity index (χ2n) is 11.0. The van der Waals surface area contributed by atoms with Gasteiger partial charge in [0.25, 0.3) is 0 Å². The van der Waals surface area contributed by atoms with E-state index in [9.17, 15) is 19.5 Å². The summed E-state index contributed by atoms with van der Waals surface area (Å²) >= 11 is 0. The molecule has 0 radical (unpaired) electrons. The first-order valence-corrected chi connectivity index (χ1v) is 12.5. The largest absolute Gasteiger partial charge is 0.480 e. The lowest BCUT2D eigenvalue weighted by Gasteiger charge is -2.51. The number of hydrogen-bond acceptors (Lipinski definition) is 6. The van der Waals surface area contributed by atoms with Gasteiger partial charge in [0.1, 0.15) is 17.7 Å². The third kappa shape index (κ3) is 4.75. The molecule has 9 nitrogen and oxygen atoms in total. The predicted octanol–water partition coefficient (Wildman–Crippen LogP) is 4.15. The Hall–Kier alpha value is -3.59. The van der Waals surface area contributed by atoms with E-state index in [2.05, 4.69) is 29.6 Å². The quantitative estimate of drug-likeness (QED) is 0.638. The average Bonchev–Trinajstić information content (AvgIpc) is 3.14. The number of alkyl carbamates (subject to hydrolysis) is 1. The molecule has 2 amide bonds. The van der Waals surface area contributed by atoms with Crippen LogP contribution in [-0.4, -0.2) is 71.2 Å². The van der Waals surface area contributed by atoms with Crippen LogP contribution in [0, 0.1) is 0 Å². The predicted molar refractivity (Wildman–Crippen MR) is 134 cm³/mol. The molecule has 2 bridgehead atoms. The number of morpholine rings is 1. The molecule has 2 unspecified atom stereocenters. The SMILES string of the molecule is CC(C)(C)OC(=O)NC1(C(=O)O)CC2COCC(C1)N2C(=O)OCC1c2ccccc2-c2ccccc21. The molecule has 3 aliphatic rings. The number of nitrogens with one attached hydrogen (secondary N) is 1. The van der Waals surface area contributed by atoms with Crippen molar-refractivity contribution in [3.8, 4) is 11.1 Å². The van der Waals surface area contributed by atoms with Gasteiger partial charge in [-0.1, -0.05) is 48.5 Å². The van der Waals surface area contributed by atoms with Crippen molar-refractivity contribution in [2.75, 3.05) is 19.8 Å². The summed E-state index contributed by atoms with van der Waals surface area (Å²) in [7, 11) is 0. The van der Waals surface area contributed by atoms with Gasteiger partial charge in [0.2, 0.25) is 0 Å². The molecule has 0 spiro atoms. The number of carbonyl (C=O) groups excluding carboxylic acids is 2. The normalized spacial score (nSPS) is 24.6. The number of fused-ring (bicyclic) bond motifs is 5. The number of piperidine rings is 1. The Labute approximate surface area is 215 Å². The third-order valence-corrected chi connectivity index (χ3v) is 7.27. The zero-order valence-electron chi connectivity index (χ0n) is 21.2. The van der Waals surface area contributed by atoms with E-state index in [1.165, 1.54) is 0 Å². The summed E-state index contributed by atoms with van der Waals surface area (Å²) < 4.78 is 16.8. The van der Waals surface area contributed by atoms with Gasteiger partial charge in [-0.05, 0) is 43.0 Å². The van der Waals surface area contributed by atoms with E-state index in [1.54, 1.807) is 25.7 Å². The van der Waals surface area contributed by atoms with Crippen LogP contribution in [0.4, 0.5) is 9.59 Å². The summed E-state index contributed by atoms with van der Waals surface area (Å²) in [6.07, 6.45) is -1.33. The zero-order valence-corrected chi connectivity index (χ0v) is 21.2. The minimum atomic E-state index is -1.57. The number of amides is 2. The molecule has 37 heavy (non-hydrogen) atoms. The average molecular weight is 509 g/mol. The molecule has 2 N–H and O–H groups in total. The van der Waals surface area contributed by atoms with Gasteiger partial charge in [-0.25, -0.2) is 14.4 Å². The van der Waals surface area contributed by atoms with Crippen molar-refractivity contribution in [2.45, 2.75) is 62.8 Å². The van der Waals surface area contributed by atoms with Crippen LogP contribution in [0.5, 0.6) is 0 Å². The van der Waals surface area contributed by atoms with E-state index >= 15 is 0 Å². The highest BCUT2D eigenvalue weighted by Gasteiger charge is 2.54. The van der Waals surface area contributed by atoms with Gasteiger partial charge < -0.3 is 24.6 Å². The molecule has 2 heterocycles. The van der Waals surface area contributed by atoms with Gasteiger partial charge in [0.05, 0.1) is 25.3 Å². The van der Waals surface area contributed by atoms with Gasteiger partial charge in [-0.2, -0.15) is 0 Å².